The minimum Gasteiger partial charge on any atom is -0.512 e. The van der Waals surface area contributed by atoms with Gasteiger partial charge in [-0.05, 0) is 32.0 Å². The molecule has 0 saturated carbocycles. The third-order valence-corrected chi connectivity index (χ3v) is 4.32. The van der Waals surface area contributed by atoms with E-state index in [9.17, 15) is 9.90 Å². The van der Waals surface area contributed by atoms with Gasteiger partial charge in [0.1, 0.15) is 0 Å². The van der Waals surface area contributed by atoms with E-state index in [1.807, 2.05) is 13.1 Å². The highest BCUT2D eigenvalue weighted by molar-refractivity contribution is 5.87. The maximum atomic E-state index is 11.2. The van der Waals surface area contributed by atoms with Crippen molar-refractivity contribution in [3.05, 3.63) is 29.0 Å². The quantitative estimate of drug-likeness (QED) is 0.679. The van der Waals surface area contributed by atoms with Gasteiger partial charge in [-0.15, -0.1) is 0 Å². The second-order valence-corrected chi connectivity index (χ2v) is 5.91. The Morgan fingerprint density at radius 2 is 2.30 bits per heavy atom. The van der Waals surface area contributed by atoms with Crippen LogP contribution >= 0.6 is 0 Å². The lowest BCUT2D eigenvalue weighted by Crippen LogP contribution is -2.33. The number of aliphatic hydroxyl groups excluding tert-OH is 1. The van der Waals surface area contributed by atoms with Crippen LogP contribution in [0.25, 0.3) is 0 Å². The highest BCUT2D eigenvalue weighted by Gasteiger charge is 2.34. The Morgan fingerprint density at radius 3 is 3.00 bits per heavy atom. The predicted octanol–water partition coefficient (Wildman–Crippen LogP) is 2.37. The maximum absolute atomic E-state index is 11.2. The van der Waals surface area contributed by atoms with Crippen molar-refractivity contribution in [2.75, 3.05) is 27.5 Å². The van der Waals surface area contributed by atoms with Crippen LogP contribution in [0.2, 0.25) is 0 Å². The van der Waals surface area contributed by atoms with E-state index < -0.39 is 0 Å². The van der Waals surface area contributed by atoms with Gasteiger partial charge < -0.3 is 19.3 Å². The van der Waals surface area contributed by atoms with Crippen molar-refractivity contribution in [1.82, 2.24) is 4.90 Å². The van der Waals surface area contributed by atoms with Crippen LogP contribution in [0.5, 0.6) is 17.2 Å². The molecule has 0 aromatic heterocycles. The van der Waals surface area contributed by atoms with E-state index in [1.165, 1.54) is 13.0 Å². The second kappa shape index (κ2) is 6.12. The van der Waals surface area contributed by atoms with Gasteiger partial charge in [-0.2, -0.15) is 0 Å². The first-order chi connectivity index (χ1) is 11.0. The first kappa shape index (κ1) is 15.7. The Bertz CT molecular complexity index is 667. The average Bonchev–Trinajstić information content (AvgIpc) is 2.95. The van der Waals surface area contributed by atoms with Crippen molar-refractivity contribution in [2.24, 2.45) is 0 Å². The fourth-order valence-corrected chi connectivity index (χ4v) is 3.27. The molecule has 6 heteroatoms. The van der Waals surface area contributed by atoms with E-state index in [4.69, 9.17) is 14.2 Å². The summed E-state index contributed by atoms with van der Waals surface area (Å²) in [5, 5.41) is 10.1. The van der Waals surface area contributed by atoms with E-state index in [1.54, 1.807) is 7.11 Å². The Hall–Kier alpha value is -2.21. The zero-order valence-electron chi connectivity index (χ0n) is 13.6. The molecule has 2 aliphatic heterocycles. The number of allylic oxidation sites excluding steroid dienone is 1. The summed E-state index contributed by atoms with van der Waals surface area (Å²) in [5.74, 6) is 1.87. The van der Waals surface area contributed by atoms with Crippen molar-refractivity contribution in [3.8, 4) is 17.2 Å². The minimum absolute atomic E-state index is 0.0712. The maximum Gasteiger partial charge on any atom is 0.231 e. The second-order valence-electron chi connectivity index (χ2n) is 5.91. The number of likely N-dealkylation sites (N-methyl/N-ethyl adjacent to an activating group) is 1. The van der Waals surface area contributed by atoms with Crippen molar-refractivity contribution in [2.45, 2.75) is 25.8 Å². The summed E-state index contributed by atoms with van der Waals surface area (Å²) in [6.07, 6.45) is 2.48. The number of rotatable bonds is 4. The lowest BCUT2D eigenvalue weighted by Gasteiger charge is -2.35. The van der Waals surface area contributed by atoms with Crippen LogP contribution in [0.1, 0.15) is 30.5 Å². The third-order valence-electron chi connectivity index (χ3n) is 4.32. The molecular formula is C17H21NO5. The molecule has 3 rings (SSSR count). The Balaban J connectivity index is 2.05. The summed E-state index contributed by atoms with van der Waals surface area (Å²) in [7, 11) is 3.60. The summed E-state index contributed by atoms with van der Waals surface area (Å²) >= 11 is 0. The molecule has 0 amide bonds. The Morgan fingerprint density at radius 1 is 1.52 bits per heavy atom. The van der Waals surface area contributed by atoms with E-state index in [2.05, 4.69) is 4.90 Å². The smallest absolute Gasteiger partial charge is 0.231 e. The van der Waals surface area contributed by atoms with Crippen LogP contribution in [0.4, 0.5) is 0 Å². The molecule has 0 bridgehead atoms. The molecule has 1 aromatic carbocycles. The zero-order chi connectivity index (χ0) is 16.6. The van der Waals surface area contributed by atoms with Gasteiger partial charge >= 0.3 is 0 Å². The van der Waals surface area contributed by atoms with Crippen LogP contribution in [-0.2, 0) is 11.2 Å². The standard InChI is InChI=1S/C17H21NO5/c1-10(19)6-12(20)8-13-15-11(4-5-18(13)2)7-14-16(17(15)21-3)23-9-22-14/h6-7,13,20H,4-5,8-9H2,1-3H3/t13-/m0/s1. The van der Waals surface area contributed by atoms with E-state index in [0.717, 1.165) is 24.1 Å². The van der Waals surface area contributed by atoms with Crippen molar-refractivity contribution in [1.29, 1.82) is 0 Å². The number of fused-ring (bicyclic) bond motifs is 2. The minimum atomic E-state index is -0.168. The van der Waals surface area contributed by atoms with E-state index >= 15 is 0 Å². The fraction of sp³-hybridized carbons (Fsp3) is 0.471. The molecule has 2 heterocycles. The molecule has 6 nitrogen and oxygen atoms in total. The number of nitrogens with zero attached hydrogens (tertiary/aromatic N) is 1. The molecule has 124 valence electrons. The molecule has 0 spiro atoms. The molecule has 1 atom stereocenters. The molecule has 23 heavy (non-hydrogen) atoms. The normalized spacial score (nSPS) is 20.3. The summed E-state index contributed by atoms with van der Waals surface area (Å²) in [5.41, 5.74) is 2.12. The zero-order valence-corrected chi connectivity index (χ0v) is 13.6. The predicted molar refractivity (Wildman–Crippen MR) is 84.2 cm³/mol. The van der Waals surface area contributed by atoms with Gasteiger partial charge in [0.15, 0.2) is 17.3 Å². The lowest BCUT2D eigenvalue weighted by molar-refractivity contribution is -0.112. The van der Waals surface area contributed by atoms with Crippen LogP contribution < -0.4 is 14.2 Å². The molecule has 0 fully saturated rings. The number of aliphatic hydroxyl groups is 1. The lowest BCUT2D eigenvalue weighted by atomic mass is 9.89. The van der Waals surface area contributed by atoms with Crippen molar-refractivity contribution in [3.63, 3.8) is 0 Å². The molecular weight excluding hydrogens is 298 g/mol. The first-order valence-corrected chi connectivity index (χ1v) is 7.61. The van der Waals surface area contributed by atoms with Gasteiger partial charge in [0.2, 0.25) is 12.5 Å². The number of methoxy groups -OCH3 is 1. The number of benzene rings is 1. The molecule has 2 aliphatic rings. The van der Waals surface area contributed by atoms with Gasteiger partial charge in [0.25, 0.3) is 0 Å². The summed E-state index contributed by atoms with van der Waals surface area (Å²) in [6, 6.07) is 1.91. The van der Waals surface area contributed by atoms with Crippen LogP contribution in [0.15, 0.2) is 17.9 Å². The summed E-state index contributed by atoms with van der Waals surface area (Å²) < 4.78 is 16.6. The monoisotopic (exact) mass is 319 g/mol. The van der Waals surface area contributed by atoms with E-state index in [-0.39, 0.29) is 24.4 Å². The highest BCUT2D eigenvalue weighted by Crippen LogP contribution is 2.50. The Labute approximate surface area is 135 Å². The highest BCUT2D eigenvalue weighted by atomic mass is 16.7. The molecule has 1 N–H and O–H groups in total. The molecule has 0 saturated heterocycles. The van der Waals surface area contributed by atoms with Gasteiger partial charge in [-0.25, -0.2) is 0 Å². The van der Waals surface area contributed by atoms with Crippen LogP contribution in [0, 0.1) is 0 Å². The number of ketones is 1. The van der Waals surface area contributed by atoms with E-state index in [0.29, 0.717) is 23.7 Å². The summed E-state index contributed by atoms with van der Waals surface area (Å²) in [4.78, 5) is 13.3. The Kier molecular flexibility index (Phi) is 4.17. The van der Waals surface area contributed by atoms with Crippen LogP contribution in [-0.4, -0.2) is 43.3 Å². The van der Waals surface area contributed by atoms with Crippen molar-refractivity contribution < 1.29 is 24.1 Å². The van der Waals surface area contributed by atoms with Gasteiger partial charge in [0, 0.05) is 30.6 Å². The number of ether oxygens (including phenoxy) is 3. The SMILES string of the molecule is COc1c2c(cc3c1[C@H](CC(O)=CC(C)=O)N(C)CC3)OCO2. The molecule has 0 aliphatic carbocycles. The fourth-order valence-electron chi connectivity index (χ4n) is 3.27. The van der Waals surface area contributed by atoms with Crippen LogP contribution in [0.3, 0.4) is 0 Å². The number of hydrogen-bond acceptors (Lipinski definition) is 6. The summed E-state index contributed by atoms with van der Waals surface area (Å²) in [6.45, 7) is 2.46. The average molecular weight is 319 g/mol. The topological polar surface area (TPSA) is 68.2 Å². The molecule has 1 aromatic rings. The van der Waals surface area contributed by atoms with Gasteiger partial charge in [-0.1, -0.05) is 0 Å². The largest absolute Gasteiger partial charge is 0.512 e. The molecule has 0 radical (unpaired) electrons. The third kappa shape index (κ3) is 2.86. The van der Waals surface area contributed by atoms with Crippen molar-refractivity contribution >= 4 is 5.78 Å². The number of carbonyl (C=O) groups excluding carboxylic acids is 1. The molecule has 0 unspecified atom stereocenters. The van der Waals surface area contributed by atoms with Gasteiger partial charge in [-0.3, -0.25) is 9.69 Å². The number of hydrogen-bond donors (Lipinski definition) is 1. The number of carbonyl (C=O) groups is 1. The van der Waals surface area contributed by atoms with Gasteiger partial charge in [0.05, 0.1) is 12.9 Å². The first-order valence-electron chi connectivity index (χ1n) is 7.61.